The number of hydrogen-bond acceptors (Lipinski definition) is 3. The number of oxazole rings is 1. The van der Waals surface area contributed by atoms with Crippen molar-refractivity contribution in [3.8, 4) is 0 Å². The molecule has 1 aliphatic carbocycles. The molecular weight excluding hydrogens is 257 g/mol. The van der Waals surface area contributed by atoms with Crippen LogP contribution in [0.4, 0.5) is 13.2 Å². The second-order valence-electron chi connectivity index (χ2n) is 5.15. The Bertz CT molecular complexity index is 416. The number of aromatic nitrogens is 1. The van der Waals surface area contributed by atoms with Gasteiger partial charge in [0.05, 0.1) is 18.2 Å². The molecule has 0 aromatic carbocycles. The van der Waals surface area contributed by atoms with E-state index in [1.165, 1.54) is 6.20 Å². The molecule has 2 rings (SSSR count). The lowest BCUT2D eigenvalue weighted by molar-refractivity contribution is -0.188. The van der Waals surface area contributed by atoms with E-state index in [1.54, 1.807) is 7.05 Å². The Kier molecular flexibility index (Phi) is 4.18. The van der Waals surface area contributed by atoms with E-state index < -0.39 is 18.0 Å². The number of rotatable bonds is 3. The molecule has 1 aliphatic rings. The molecule has 0 bridgehead atoms. The third-order valence-electron chi connectivity index (χ3n) is 3.90. The molecule has 3 nitrogen and oxygen atoms in total. The molecular formula is C13H19F3N2O. The summed E-state index contributed by atoms with van der Waals surface area (Å²) >= 11 is 0. The minimum Gasteiger partial charge on any atom is -0.444 e. The van der Waals surface area contributed by atoms with Crippen LogP contribution in [0.25, 0.3) is 0 Å². The molecule has 108 valence electrons. The topological polar surface area (TPSA) is 38.1 Å². The molecule has 1 heterocycles. The maximum Gasteiger partial charge on any atom is 0.392 e. The van der Waals surface area contributed by atoms with E-state index in [4.69, 9.17) is 4.42 Å². The fourth-order valence-corrected chi connectivity index (χ4v) is 2.66. The summed E-state index contributed by atoms with van der Waals surface area (Å²) in [4.78, 5) is 4.08. The Morgan fingerprint density at radius 3 is 2.68 bits per heavy atom. The van der Waals surface area contributed by atoms with Gasteiger partial charge in [-0.3, -0.25) is 0 Å². The summed E-state index contributed by atoms with van der Waals surface area (Å²) in [5, 5.41) is 2.96. The van der Waals surface area contributed by atoms with E-state index in [1.807, 2.05) is 6.92 Å². The van der Waals surface area contributed by atoms with E-state index in [2.05, 4.69) is 10.3 Å². The van der Waals surface area contributed by atoms with Crippen molar-refractivity contribution in [3.05, 3.63) is 17.8 Å². The van der Waals surface area contributed by atoms with Gasteiger partial charge < -0.3 is 9.73 Å². The molecule has 1 fully saturated rings. The summed E-state index contributed by atoms with van der Waals surface area (Å²) in [6, 6.07) is -0.0957. The van der Waals surface area contributed by atoms with Crippen LogP contribution in [0.1, 0.15) is 56.2 Å². The molecule has 0 saturated heterocycles. The summed E-state index contributed by atoms with van der Waals surface area (Å²) in [5.41, 5.74) is 0. The number of alkyl halides is 3. The Labute approximate surface area is 110 Å². The van der Waals surface area contributed by atoms with Crippen LogP contribution in [0.2, 0.25) is 0 Å². The summed E-state index contributed by atoms with van der Waals surface area (Å²) < 4.78 is 44.6. The Morgan fingerprint density at radius 1 is 1.37 bits per heavy atom. The van der Waals surface area contributed by atoms with Crippen molar-refractivity contribution >= 4 is 0 Å². The van der Waals surface area contributed by atoms with Crippen molar-refractivity contribution in [1.82, 2.24) is 10.3 Å². The van der Waals surface area contributed by atoms with Gasteiger partial charge in [-0.1, -0.05) is 12.8 Å². The van der Waals surface area contributed by atoms with Gasteiger partial charge in [-0.2, -0.15) is 13.2 Å². The van der Waals surface area contributed by atoms with Crippen LogP contribution < -0.4 is 5.32 Å². The second kappa shape index (κ2) is 5.53. The maximum atomic E-state index is 13.0. The Hall–Kier alpha value is -1.04. The summed E-state index contributed by atoms with van der Waals surface area (Å²) in [6.45, 7) is 1.86. The standard InChI is InChI=1S/C13H19F3N2O/c1-8(17-2)12-18-7-11(19-12)9-5-3-4-6-10(9)13(14,15)16/h7-10,17H,3-6H2,1-2H3. The van der Waals surface area contributed by atoms with Crippen molar-refractivity contribution in [3.63, 3.8) is 0 Å². The van der Waals surface area contributed by atoms with E-state index >= 15 is 0 Å². The van der Waals surface area contributed by atoms with Gasteiger partial charge in [-0.15, -0.1) is 0 Å². The van der Waals surface area contributed by atoms with Gasteiger partial charge in [0.2, 0.25) is 5.89 Å². The molecule has 1 N–H and O–H groups in total. The minimum atomic E-state index is -4.16. The molecule has 0 spiro atoms. The van der Waals surface area contributed by atoms with Gasteiger partial charge in [0, 0.05) is 5.92 Å². The normalized spacial score (nSPS) is 26.4. The summed E-state index contributed by atoms with van der Waals surface area (Å²) in [6.07, 6.45) is -0.549. The molecule has 0 amide bonds. The smallest absolute Gasteiger partial charge is 0.392 e. The first-order valence-corrected chi connectivity index (χ1v) is 6.63. The SMILES string of the molecule is CNC(C)c1ncc(C2CCCCC2C(F)(F)F)o1. The van der Waals surface area contributed by atoms with E-state index in [9.17, 15) is 13.2 Å². The molecule has 1 saturated carbocycles. The fourth-order valence-electron chi connectivity index (χ4n) is 2.66. The lowest BCUT2D eigenvalue weighted by Crippen LogP contribution is -2.31. The highest BCUT2D eigenvalue weighted by Crippen LogP contribution is 2.46. The zero-order chi connectivity index (χ0) is 14.0. The van der Waals surface area contributed by atoms with Crippen LogP contribution >= 0.6 is 0 Å². The average Bonchev–Trinajstić information content (AvgIpc) is 2.86. The lowest BCUT2D eigenvalue weighted by atomic mass is 9.77. The zero-order valence-corrected chi connectivity index (χ0v) is 11.1. The number of nitrogens with zero attached hydrogens (tertiary/aromatic N) is 1. The molecule has 0 radical (unpaired) electrons. The number of nitrogens with one attached hydrogen (secondary N) is 1. The maximum absolute atomic E-state index is 13.0. The highest BCUT2D eigenvalue weighted by Gasteiger charge is 2.47. The van der Waals surface area contributed by atoms with Gasteiger partial charge in [-0.25, -0.2) is 4.98 Å². The zero-order valence-electron chi connectivity index (χ0n) is 11.1. The molecule has 3 atom stereocenters. The van der Waals surface area contributed by atoms with Gasteiger partial charge >= 0.3 is 6.18 Å². The van der Waals surface area contributed by atoms with Gasteiger partial charge in [0.25, 0.3) is 0 Å². The van der Waals surface area contributed by atoms with Crippen LogP contribution in [0.15, 0.2) is 10.6 Å². The van der Waals surface area contributed by atoms with Gasteiger partial charge in [-0.05, 0) is 26.8 Å². The second-order valence-corrected chi connectivity index (χ2v) is 5.15. The third kappa shape index (κ3) is 3.11. The monoisotopic (exact) mass is 276 g/mol. The molecule has 6 heteroatoms. The molecule has 19 heavy (non-hydrogen) atoms. The average molecular weight is 276 g/mol. The van der Waals surface area contributed by atoms with E-state index in [-0.39, 0.29) is 12.5 Å². The van der Waals surface area contributed by atoms with Gasteiger partial charge in [0.15, 0.2) is 0 Å². The quantitative estimate of drug-likeness (QED) is 0.912. The predicted octanol–water partition coefficient (Wildman–Crippen LogP) is 3.79. The molecule has 1 aromatic heterocycles. The number of halogens is 3. The van der Waals surface area contributed by atoms with Crippen molar-refractivity contribution in [2.24, 2.45) is 5.92 Å². The van der Waals surface area contributed by atoms with Crippen LogP contribution in [0.5, 0.6) is 0 Å². The van der Waals surface area contributed by atoms with E-state index in [0.717, 1.165) is 6.42 Å². The number of hydrogen-bond donors (Lipinski definition) is 1. The van der Waals surface area contributed by atoms with Crippen LogP contribution in [-0.2, 0) is 0 Å². The first-order valence-electron chi connectivity index (χ1n) is 6.63. The fraction of sp³-hybridized carbons (Fsp3) is 0.769. The van der Waals surface area contributed by atoms with Gasteiger partial charge in [0.1, 0.15) is 5.76 Å². The van der Waals surface area contributed by atoms with Crippen LogP contribution in [0.3, 0.4) is 0 Å². The van der Waals surface area contributed by atoms with Crippen molar-refractivity contribution in [1.29, 1.82) is 0 Å². The Morgan fingerprint density at radius 2 is 2.05 bits per heavy atom. The molecule has 0 aliphatic heterocycles. The summed E-state index contributed by atoms with van der Waals surface area (Å²) in [7, 11) is 1.76. The third-order valence-corrected chi connectivity index (χ3v) is 3.90. The first-order chi connectivity index (χ1) is 8.93. The molecule has 3 unspecified atom stereocenters. The van der Waals surface area contributed by atoms with Crippen LogP contribution in [0, 0.1) is 5.92 Å². The largest absolute Gasteiger partial charge is 0.444 e. The highest BCUT2D eigenvalue weighted by molar-refractivity contribution is 5.07. The van der Waals surface area contributed by atoms with E-state index in [0.29, 0.717) is 24.5 Å². The molecule has 1 aromatic rings. The van der Waals surface area contributed by atoms with Crippen molar-refractivity contribution in [2.45, 2.75) is 50.7 Å². The Balaban J connectivity index is 2.20. The van der Waals surface area contributed by atoms with Crippen molar-refractivity contribution in [2.75, 3.05) is 7.05 Å². The predicted molar refractivity (Wildman–Crippen MR) is 64.7 cm³/mol. The van der Waals surface area contributed by atoms with Crippen molar-refractivity contribution < 1.29 is 17.6 Å². The summed E-state index contributed by atoms with van der Waals surface area (Å²) in [5.74, 6) is -1.06. The first kappa shape index (κ1) is 14.4. The van der Waals surface area contributed by atoms with Crippen LogP contribution in [-0.4, -0.2) is 18.2 Å². The minimum absolute atomic E-state index is 0.0957. The highest BCUT2D eigenvalue weighted by atomic mass is 19.4. The lowest BCUT2D eigenvalue weighted by Gasteiger charge is -2.31.